The lowest BCUT2D eigenvalue weighted by molar-refractivity contribution is 0.879. The van der Waals surface area contributed by atoms with Crippen LogP contribution in [0.5, 0.6) is 0 Å². The molecule has 1 aliphatic rings. The number of aryl methyl sites for hydroxylation is 1. The van der Waals surface area contributed by atoms with Gasteiger partial charge in [0.1, 0.15) is 12.1 Å². The van der Waals surface area contributed by atoms with E-state index in [4.69, 9.17) is 0 Å². The Morgan fingerprint density at radius 2 is 2.38 bits per heavy atom. The summed E-state index contributed by atoms with van der Waals surface area (Å²) >= 11 is 0. The standard InChI is InChI=1S/C9H10N3P/c1-2-6-4-13-9-7(6)8(10-3-1)11-5-12-9/h4-5,13H,1-3H2,(H,10,11,12). The highest BCUT2D eigenvalue weighted by molar-refractivity contribution is 7.36. The van der Waals surface area contributed by atoms with Crippen molar-refractivity contribution in [3.63, 3.8) is 0 Å². The van der Waals surface area contributed by atoms with Gasteiger partial charge in [0, 0.05) is 11.9 Å². The van der Waals surface area contributed by atoms with E-state index in [0.29, 0.717) is 0 Å². The Kier molecular flexibility index (Phi) is 1.53. The summed E-state index contributed by atoms with van der Waals surface area (Å²) in [4.78, 5) is 8.57. The van der Waals surface area contributed by atoms with Gasteiger partial charge in [0.2, 0.25) is 0 Å². The van der Waals surface area contributed by atoms with Gasteiger partial charge in [0.05, 0.1) is 5.25 Å². The van der Waals surface area contributed by atoms with Crippen molar-refractivity contribution in [2.75, 3.05) is 11.9 Å². The van der Waals surface area contributed by atoms with Gasteiger partial charge in [-0.05, 0) is 24.2 Å². The van der Waals surface area contributed by atoms with Crippen LogP contribution in [0.1, 0.15) is 12.0 Å². The van der Waals surface area contributed by atoms with Crippen LogP contribution in [-0.2, 0) is 6.42 Å². The quantitative estimate of drug-likeness (QED) is 0.692. The number of nitrogens with zero attached hydrogens (tertiary/aromatic N) is 2. The highest BCUT2D eigenvalue weighted by atomic mass is 31.0. The van der Waals surface area contributed by atoms with E-state index < -0.39 is 0 Å². The minimum absolute atomic E-state index is 0.747. The molecule has 3 rings (SSSR count). The van der Waals surface area contributed by atoms with Gasteiger partial charge in [-0.1, -0.05) is 0 Å². The van der Waals surface area contributed by atoms with Gasteiger partial charge < -0.3 is 5.32 Å². The molecule has 66 valence electrons. The van der Waals surface area contributed by atoms with E-state index in [1.54, 1.807) is 6.33 Å². The number of aromatic nitrogens is 2. The third-order valence-electron chi connectivity index (χ3n) is 2.47. The monoisotopic (exact) mass is 191 g/mol. The van der Waals surface area contributed by atoms with E-state index in [1.165, 1.54) is 29.0 Å². The van der Waals surface area contributed by atoms with E-state index in [9.17, 15) is 0 Å². The largest absolute Gasteiger partial charge is 0.369 e. The molecule has 3 nitrogen and oxygen atoms in total. The first kappa shape index (κ1) is 7.34. The van der Waals surface area contributed by atoms with Crippen molar-refractivity contribution >= 4 is 24.6 Å². The van der Waals surface area contributed by atoms with Crippen molar-refractivity contribution < 1.29 is 0 Å². The van der Waals surface area contributed by atoms with Gasteiger partial charge in [0.25, 0.3) is 0 Å². The summed E-state index contributed by atoms with van der Waals surface area (Å²) in [5.41, 5.74) is 1.45. The molecule has 0 spiro atoms. The zero-order chi connectivity index (χ0) is 8.67. The lowest BCUT2D eigenvalue weighted by Crippen LogP contribution is -2.01. The Morgan fingerprint density at radius 1 is 1.38 bits per heavy atom. The van der Waals surface area contributed by atoms with Crippen LogP contribution in [0.2, 0.25) is 0 Å². The molecule has 1 N–H and O–H groups in total. The molecule has 1 aliphatic heterocycles. The first-order chi connectivity index (χ1) is 6.45. The van der Waals surface area contributed by atoms with Crippen molar-refractivity contribution in [1.29, 1.82) is 0 Å². The number of nitrogens with one attached hydrogen (secondary N) is 1. The van der Waals surface area contributed by atoms with Crippen LogP contribution < -0.4 is 5.32 Å². The summed E-state index contributed by atoms with van der Waals surface area (Å²) in [5.74, 6) is 3.36. The second-order valence-electron chi connectivity index (χ2n) is 3.29. The van der Waals surface area contributed by atoms with Crippen LogP contribution in [0.4, 0.5) is 5.82 Å². The van der Waals surface area contributed by atoms with Crippen molar-refractivity contribution in [3.05, 3.63) is 17.7 Å². The fourth-order valence-electron chi connectivity index (χ4n) is 1.84. The van der Waals surface area contributed by atoms with Crippen LogP contribution >= 0.6 is 8.19 Å². The fourth-order valence-corrected chi connectivity index (χ4v) is 3.00. The third-order valence-corrected chi connectivity index (χ3v) is 3.61. The molecule has 2 aromatic heterocycles. The normalized spacial score (nSPS) is 16.0. The van der Waals surface area contributed by atoms with E-state index in [0.717, 1.165) is 20.6 Å². The molecule has 1 unspecified atom stereocenters. The van der Waals surface area contributed by atoms with Crippen molar-refractivity contribution in [2.24, 2.45) is 0 Å². The molecule has 2 aromatic rings. The third kappa shape index (κ3) is 1.04. The summed E-state index contributed by atoms with van der Waals surface area (Å²) in [6.07, 6.45) is 4.04. The van der Waals surface area contributed by atoms with E-state index in [1.807, 2.05) is 0 Å². The molecule has 3 heterocycles. The van der Waals surface area contributed by atoms with Crippen LogP contribution in [0.3, 0.4) is 0 Å². The van der Waals surface area contributed by atoms with Crippen LogP contribution in [0.15, 0.2) is 12.1 Å². The maximum absolute atomic E-state index is 4.30. The Balaban J connectivity index is 2.40. The van der Waals surface area contributed by atoms with Gasteiger partial charge in [-0.3, -0.25) is 0 Å². The van der Waals surface area contributed by atoms with E-state index >= 15 is 0 Å². The lowest BCUT2D eigenvalue weighted by Gasteiger charge is -2.01. The highest BCUT2D eigenvalue weighted by Gasteiger charge is 2.12. The maximum atomic E-state index is 4.30. The van der Waals surface area contributed by atoms with Gasteiger partial charge >= 0.3 is 0 Å². The maximum Gasteiger partial charge on any atom is 0.137 e. The molecule has 4 heteroatoms. The summed E-state index contributed by atoms with van der Waals surface area (Å²) in [6.45, 7) is 1.03. The first-order valence-electron chi connectivity index (χ1n) is 4.50. The summed E-state index contributed by atoms with van der Waals surface area (Å²) < 4.78 is 0. The van der Waals surface area contributed by atoms with Gasteiger partial charge in [0.15, 0.2) is 0 Å². The second-order valence-corrected chi connectivity index (χ2v) is 4.34. The van der Waals surface area contributed by atoms with Gasteiger partial charge in [-0.15, -0.1) is 8.19 Å². The number of rotatable bonds is 0. The molecule has 0 aliphatic carbocycles. The van der Waals surface area contributed by atoms with Crippen LogP contribution in [0.25, 0.3) is 10.6 Å². The van der Waals surface area contributed by atoms with E-state index in [2.05, 4.69) is 21.1 Å². The Labute approximate surface area is 77.7 Å². The van der Waals surface area contributed by atoms with Gasteiger partial charge in [-0.2, -0.15) is 0 Å². The molecule has 13 heavy (non-hydrogen) atoms. The predicted octanol–water partition coefficient (Wildman–Crippen LogP) is 2.02. The summed E-state index contributed by atoms with van der Waals surface area (Å²) in [7, 11) is 0.747. The lowest BCUT2D eigenvalue weighted by atomic mass is 10.1. The molecule has 0 bridgehead atoms. The van der Waals surface area contributed by atoms with Crippen molar-refractivity contribution in [3.8, 4) is 0 Å². The predicted molar refractivity (Wildman–Crippen MR) is 55.8 cm³/mol. The van der Waals surface area contributed by atoms with Crippen LogP contribution in [-0.4, -0.2) is 16.5 Å². The second kappa shape index (κ2) is 2.71. The molecule has 1 atom stereocenters. The molecular formula is C9H10N3P. The average molecular weight is 191 g/mol. The number of hydrogen-bond acceptors (Lipinski definition) is 3. The molecular weight excluding hydrogens is 181 g/mol. The SMILES string of the molecule is c1nc2c3c(c[pH]c3n1)CCCN2. The first-order valence-corrected chi connectivity index (χ1v) is 5.58. The van der Waals surface area contributed by atoms with Gasteiger partial charge in [-0.25, -0.2) is 9.97 Å². The van der Waals surface area contributed by atoms with Crippen LogP contribution in [0, 0.1) is 0 Å². The number of anilines is 1. The minimum Gasteiger partial charge on any atom is -0.369 e. The topological polar surface area (TPSA) is 37.8 Å². The minimum atomic E-state index is 0.747. The molecule has 0 amide bonds. The average Bonchev–Trinajstić information content (AvgIpc) is 2.44. The summed E-state index contributed by atoms with van der Waals surface area (Å²) in [6, 6.07) is 0. The zero-order valence-electron chi connectivity index (χ0n) is 7.17. The number of hydrogen-bond donors (Lipinski definition) is 1. The molecule has 0 saturated carbocycles. The zero-order valence-corrected chi connectivity index (χ0v) is 8.17. The van der Waals surface area contributed by atoms with Crippen molar-refractivity contribution in [2.45, 2.75) is 12.8 Å². The Hall–Kier alpha value is -1.08. The Bertz CT molecular complexity index is 449. The smallest absolute Gasteiger partial charge is 0.137 e. The highest BCUT2D eigenvalue weighted by Crippen LogP contribution is 2.34. The molecule has 0 aromatic carbocycles. The molecule has 0 radical (unpaired) electrons. The molecule has 0 fully saturated rings. The molecule has 0 saturated heterocycles. The van der Waals surface area contributed by atoms with Crippen molar-refractivity contribution in [1.82, 2.24) is 9.97 Å². The van der Waals surface area contributed by atoms with E-state index in [-0.39, 0.29) is 0 Å². The summed E-state index contributed by atoms with van der Waals surface area (Å²) in [5, 5.41) is 5.86. The Morgan fingerprint density at radius 3 is 3.38 bits per heavy atom. The fraction of sp³-hybridized carbons (Fsp3) is 0.333.